The zero-order valence-corrected chi connectivity index (χ0v) is 20.8. The van der Waals surface area contributed by atoms with Gasteiger partial charge >= 0.3 is 0 Å². The lowest BCUT2D eigenvalue weighted by molar-refractivity contribution is -0.114. The maximum absolute atomic E-state index is 15.5. The van der Waals surface area contributed by atoms with Crippen molar-refractivity contribution in [2.75, 3.05) is 30.4 Å². The highest BCUT2D eigenvalue weighted by molar-refractivity contribution is 6.04. The standard InChI is InChI=1S/C26H35FN6O2/c1-16-20-15-29-25(30-21-9-8-18(14-28-21)26(27)10-12-32(3)13-11-26)31-23(20)33(19-6-4-5-7-19)24(35)22(16)17(2)34/h14-15,19,24,35H,4-13H2,1-3H3,(H,28,29,30,31). The lowest BCUT2D eigenvalue weighted by Crippen LogP contribution is -2.47. The zero-order chi connectivity index (χ0) is 24.7. The highest BCUT2D eigenvalue weighted by Gasteiger charge is 2.40. The lowest BCUT2D eigenvalue weighted by atomic mass is 9.83. The SMILES string of the molecule is CC(=O)C1=C(C)c2cnc(NC3=NC=C(C4(F)CCN(C)CC4)CC3)nc2N(C2CCCC2)C1O. The summed E-state index contributed by atoms with van der Waals surface area (Å²) in [4.78, 5) is 30.2. The monoisotopic (exact) mass is 482 g/mol. The fraction of sp³-hybridized carbons (Fsp3) is 0.615. The molecule has 0 aromatic carbocycles. The van der Waals surface area contributed by atoms with Crippen LogP contribution in [-0.4, -0.2) is 69.7 Å². The second kappa shape index (κ2) is 9.43. The number of Topliss-reactive ketones (excluding diaryl/α,β-unsaturated/α-hetero) is 1. The number of likely N-dealkylation sites (tertiary alicyclic amines) is 1. The maximum atomic E-state index is 15.5. The fourth-order valence-electron chi connectivity index (χ4n) is 5.88. The number of hydrogen-bond donors (Lipinski definition) is 2. The molecule has 1 aromatic rings. The number of nitrogens with one attached hydrogen (secondary N) is 1. The van der Waals surface area contributed by atoms with Crippen LogP contribution in [0.25, 0.3) is 5.57 Å². The van der Waals surface area contributed by atoms with Crippen molar-refractivity contribution in [3.8, 4) is 0 Å². The molecule has 188 valence electrons. The van der Waals surface area contributed by atoms with Crippen molar-refractivity contribution in [2.24, 2.45) is 4.99 Å². The molecule has 4 aliphatic rings. The second-order valence-electron chi connectivity index (χ2n) is 10.4. The number of aliphatic hydroxyl groups is 1. The molecule has 1 unspecified atom stereocenters. The molecule has 4 heterocycles. The predicted octanol–water partition coefficient (Wildman–Crippen LogP) is 3.84. The van der Waals surface area contributed by atoms with E-state index in [1.807, 2.05) is 18.9 Å². The van der Waals surface area contributed by atoms with Gasteiger partial charge in [0.2, 0.25) is 5.95 Å². The van der Waals surface area contributed by atoms with Crippen LogP contribution in [0.4, 0.5) is 16.2 Å². The minimum Gasteiger partial charge on any atom is -0.369 e. The highest BCUT2D eigenvalue weighted by Crippen LogP contribution is 2.41. The summed E-state index contributed by atoms with van der Waals surface area (Å²) in [5.74, 6) is 1.60. The number of carbonyl (C=O) groups is 1. The number of hydrogen-bond acceptors (Lipinski definition) is 8. The van der Waals surface area contributed by atoms with E-state index in [-0.39, 0.29) is 11.8 Å². The first kappa shape index (κ1) is 24.1. The summed E-state index contributed by atoms with van der Waals surface area (Å²) in [6.45, 7) is 4.85. The van der Waals surface area contributed by atoms with E-state index in [1.165, 1.54) is 6.92 Å². The average Bonchev–Trinajstić information content (AvgIpc) is 3.36. The molecule has 9 heteroatoms. The Balaban J connectivity index is 1.41. The highest BCUT2D eigenvalue weighted by atomic mass is 19.1. The van der Waals surface area contributed by atoms with Gasteiger partial charge < -0.3 is 20.2 Å². The van der Waals surface area contributed by atoms with Crippen LogP contribution in [-0.2, 0) is 4.79 Å². The van der Waals surface area contributed by atoms with E-state index in [4.69, 9.17) is 4.98 Å². The molecule has 1 atom stereocenters. The van der Waals surface area contributed by atoms with E-state index >= 15 is 4.39 Å². The van der Waals surface area contributed by atoms with Crippen LogP contribution in [0.3, 0.4) is 0 Å². The molecule has 2 N–H and O–H groups in total. The Morgan fingerprint density at radius 2 is 1.94 bits per heavy atom. The van der Waals surface area contributed by atoms with Gasteiger partial charge in [-0.05, 0) is 64.1 Å². The van der Waals surface area contributed by atoms with Crippen molar-refractivity contribution >= 4 is 29.0 Å². The molecular weight excluding hydrogens is 447 g/mol. The summed E-state index contributed by atoms with van der Waals surface area (Å²) in [5.41, 5.74) is 1.41. The third kappa shape index (κ3) is 4.51. The summed E-state index contributed by atoms with van der Waals surface area (Å²) in [6.07, 6.45) is 8.70. The first-order valence-electron chi connectivity index (χ1n) is 12.7. The van der Waals surface area contributed by atoms with Crippen LogP contribution in [0.2, 0.25) is 0 Å². The van der Waals surface area contributed by atoms with E-state index < -0.39 is 11.9 Å². The Labute approximate surface area is 206 Å². The number of fused-ring (bicyclic) bond motifs is 1. The second-order valence-corrected chi connectivity index (χ2v) is 10.4. The number of carbonyl (C=O) groups excluding carboxylic acids is 1. The summed E-state index contributed by atoms with van der Waals surface area (Å²) < 4.78 is 15.5. The number of aliphatic imine (C=N–C) groups is 1. The van der Waals surface area contributed by atoms with E-state index in [1.54, 1.807) is 12.4 Å². The maximum Gasteiger partial charge on any atom is 0.230 e. The molecule has 0 radical (unpaired) electrons. The van der Waals surface area contributed by atoms with Crippen molar-refractivity contribution in [1.29, 1.82) is 0 Å². The molecule has 2 fully saturated rings. The number of allylic oxidation sites excluding steroid dienone is 2. The molecule has 0 bridgehead atoms. The van der Waals surface area contributed by atoms with E-state index in [2.05, 4.69) is 20.2 Å². The van der Waals surface area contributed by atoms with Gasteiger partial charge in [-0.25, -0.2) is 14.4 Å². The summed E-state index contributed by atoms with van der Waals surface area (Å²) >= 11 is 0. The number of aliphatic hydroxyl groups excluding tert-OH is 1. The lowest BCUT2D eigenvalue weighted by Gasteiger charge is -2.40. The van der Waals surface area contributed by atoms with Crippen LogP contribution in [0.5, 0.6) is 0 Å². The third-order valence-electron chi connectivity index (χ3n) is 8.06. The number of rotatable bonds is 4. The number of ketones is 1. The molecule has 3 aliphatic heterocycles. The van der Waals surface area contributed by atoms with Crippen molar-refractivity contribution in [1.82, 2.24) is 14.9 Å². The average molecular weight is 483 g/mol. The molecule has 1 aliphatic carbocycles. The molecule has 1 saturated carbocycles. The summed E-state index contributed by atoms with van der Waals surface area (Å²) in [6, 6.07) is 0.127. The van der Waals surface area contributed by atoms with Crippen molar-refractivity contribution < 1.29 is 14.3 Å². The first-order valence-corrected chi connectivity index (χ1v) is 12.7. The smallest absolute Gasteiger partial charge is 0.230 e. The number of anilines is 2. The number of alkyl halides is 1. The molecule has 1 saturated heterocycles. The van der Waals surface area contributed by atoms with E-state index in [0.717, 1.165) is 55.5 Å². The van der Waals surface area contributed by atoms with Gasteiger partial charge in [0, 0.05) is 49.1 Å². The van der Waals surface area contributed by atoms with Gasteiger partial charge in [-0.3, -0.25) is 4.79 Å². The number of amidine groups is 1. The number of aromatic nitrogens is 2. The van der Waals surface area contributed by atoms with Gasteiger partial charge in [0.25, 0.3) is 0 Å². The van der Waals surface area contributed by atoms with Crippen molar-refractivity contribution in [3.63, 3.8) is 0 Å². The Bertz CT molecular complexity index is 1100. The topological polar surface area (TPSA) is 94.0 Å². The number of piperidine rings is 1. The minimum atomic E-state index is -1.26. The summed E-state index contributed by atoms with van der Waals surface area (Å²) in [7, 11) is 2.03. The number of nitrogens with zero attached hydrogens (tertiary/aromatic N) is 5. The van der Waals surface area contributed by atoms with Gasteiger partial charge in [0.15, 0.2) is 12.0 Å². The zero-order valence-electron chi connectivity index (χ0n) is 20.8. The van der Waals surface area contributed by atoms with Gasteiger partial charge in [0.05, 0.1) is 0 Å². The Morgan fingerprint density at radius 3 is 2.57 bits per heavy atom. The molecule has 5 rings (SSSR count). The molecule has 1 aromatic heterocycles. The van der Waals surface area contributed by atoms with Crippen LogP contribution >= 0.6 is 0 Å². The molecule has 35 heavy (non-hydrogen) atoms. The quantitative estimate of drug-likeness (QED) is 0.673. The Hall–Kier alpha value is -2.65. The first-order chi connectivity index (χ1) is 16.8. The van der Waals surface area contributed by atoms with Crippen LogP contribution < -0.4 is 10.2 Å². The predicted molar refractivity (Wildman–Crippen MR) is 135 cm³/mol. The van der Waals surface area contributed by atoms with Gasteiger partial charge in [-0.1, -0.05) is 12.8 Å². The molecular formula is C26H35FN6O2. The molecule has 8 nitrogen and oxygen atoms in total. The minimum absolute atomic E-state index is 0.127. The molecule has 0 spiro atoms. The largest absolute Gasteiger partial charge is 0.369 e. The van der Waals surface area contributed by atoms with Gasteiger partial charge in [0.1, 0.15) is 17.3 Å². The van der Waals surface area contributed by atoms with Crippen LogP contribution in [0, 0.1) is 0 Å². The van der Waals surface area contributed by atoms with Crippen molar-refractivity contribution in [2.45, 2.75) is 83.2 Å². The number of halogens is 1. The van der Waals surface area contributed by atoms with Gasteiger partial charge in [-0.15, -0.1) is 0 Å². The fourth-order valence-corrected chi connectivity index (χ4v) is 5.88. The van der Waals surface area contributed by atoms with Gasteiger partial charge in [-0.2, -0.15) is 4.98 Å². The van der Waals surface area contributed by atoms with Crippen molar-refractivity contribution in [3.05, 3.63) is 29.1 Å². The molecule has 0 amide bonds. The third-order valence-corrected chi connectivity index (χ3v) is 8.06. The normalized spacial score (nSPS) is 25.3. The Morgan fingerprint density at radius 1 is 1.23 bits per heavy atom. The van der Waals surface area contributed by atoms with E-state index in [9.17, 15) is 9.90 Å². The summed E-state index contributed by atoms with van der Waals surface area (Å²) in [5, 5.41) is 14.4. The van der Waals surface area contributed by atoms with E-state index in [0.29, 0.717) is 48.9 Å². The van der Waals surface area contributed by atoms with Crippen LogP contribution in [0.1, 0.15) is 70.8 Å². The Kier molecular flexibility index (Phi) is 6.48. The van der Waals surface area contributed by atoms with Crippen LogP contribution in [0.15, 0.2) is 28.5 Å².